The van der Waals surface area contributed by atoms with Gasteiger partial charge in [0.25, 0.3) is 0 Å². The topological polar surface area (TPSA) is 23.8 Å². The predicted molar refractivity (Wildman–Crippen MR) is 65.8 cm³/mol. The maximum atomic E-state index is 8.98. The molecule has 0 unspecified atom stereocenters. The van der Waals surface area contributed by atoms with E-state index >= 15 is 0 Å². The van der Waals surface area contributed by atoms with Crippen LogP contribution in [0.15, 0.2) is 11.3 Å². The number of nitrogens with zero attached hydrogens (tertiary/aromatic N) is 1. The van der Waals surface area contributed by atoms with Crippen molar-refractivity contribution in [2.45, 2.75) is 58.7 Å². The van der Waals surface area contributed by atoms with Gasteiger partial charge in [0.05, 0.1) is 14.1 Å². The van der Waals surface area contributed by atoms with E-state index in [0.29, 0.717) is 0 Å². The van der Waals surface area contributed by atoms with Gasteiger partial charge in [-0.3, -0.25) is 0 Å². The van der Waals surface area contributed by atoms with Gasteiger partial charge in [-0.15, -0.1) is 0 Å². The second-order valence-corrected chi connectivity index (χ2v) is 9.87. The molecule has 0 N–H and O–H groups in total. The van der Waals surface area contributed by atoms with Gasteiger partial charge in [-0.1, -0.05) is 51.9 Å². The molecule has 0 aromatic carbocycles. The highest BCUT2D eigenvalue weighted by atomic mass is 28.3. The molecule has 0 aliphatic carbocycles. The summed E-state index contributed by atoms with van der Waals surface area (Å²) in [6.45, 7) is 8.91. The minimum absolute atomic E-state index is 1.06. The molecule has 14 heavy (non-hydrogen) atoms. The molecule has 0 heterocycles. The lowest BCUT2D eigenvalue weighted by atomic mass is 10.1. The van der Waals surface area contributed by atoms with Crippen molar-refractivity contribution < 1.29 is 0 Å². The Labute approximate surface area is 89.8 Å². The second-order valence-electron chi connectivity index (χ2n) is 4.83. The molecule has 0 aromatic heterocycles. The molecule has 2 heteroatoms. The van der Waals surface area contributed by atoms with Crippen LogP contribution >= 0.6 is 0 Å². The molecule has 0 saturated carbocycles. The highest BCUT2D eigenvalue weighted by Crippen LogP contribution is 2.15. The lowest BCUT2D eigenvalue weighted by Gasteiger charge is -2.13. The lowest BCUT2D eigenvalue weighted by molar-refractivity contribution is 0.674. The zero-order valence-corrected chi connectivity index (χ0v) is 11.1. The van der Waals surface area contributed by atoms with Crippen LogP contribution in [0.25, 0.3) is 0 Å². The van der Waals surface area contributed by atoms with Crippen LogP contribution in [0.2, 0.25) is 19.6 Å². The minimum atomic E-state index is -1.36. The number of hydrogen-bond donors (Lipinski definition) is 0. The number of allylic oxidation sites excluding steroid dienone is 2. The molecule has 0 radical (unpaired) electrons. The first-order chi connectivity index (χ1) is 6.52. The average Bonchev–Trinajstić information content (AvgIpc) is 2.09. The Bertz CT molecular complexity index is 217. The maximum absolute atomic E-state index is 8.98. The van der Waals surface area contributed by atoms with E-state index in [4.69, 9.17) is 5.26 Å². The van der Waals surface area contributed by atoms with Gasteiger partial charge in [-0.25, -0.2) is 0 Å². The standard InChI is InChI=1S/C12H23NSi/c1-5-6-7-8-9-10-12(11-13)14(2,3)4/h10H,5-9H2,1-4H3/b12-10-. The Morgan fingerprint density at radius 2 is 1.86 bits per heavy atom. The summed E-state index contributed by atoms with van der Waals surface area (Å²) in [5, 5.41) is 10.0. The van der Waals surface area contributed by atoms with Crippen molar-refractivity contribution in [1.82, 2.24) is 0 Å². The highest BCUT2D eigenvalue weighted by Gasteiger charge is 2.18. The van der Waals surface area contributed by atoms with Crippen molar-refractivity contribution >= 4 is 8.07 Å². The molecule has 0 saturated heterocycles. The fourth-order valence-corrected chi connectivity index (χ4v) is 2.43. The predicted octanol–water partition coefficient (Wildman–Crippen LogP) is 4.28. The van der Waals surface area contributed by atoms with E-state index in [1.54, 1.807) is 0 Å². The van der Waals surface area contributed by atoms with Crippen molar-refractivity contribution in [2.75, 3.05) is 0 Å². The summed E-state index contributed by atoms with van der Waals surface area (Å²) in [4.78, 5) is 0. The van der Waals surface area contributed by atoms with Crippen LogP contribution in [0.1, 0.15) is 39.0 Å². The Hall–Kier alpha value is -0.553. The van der Waals surface area contributed by atoms with E-state index in [2.05, 4.69) is 38.7 Å². The summed E-state index contributed by atoms with van der Waals surface area (Å²) >= 11 is 0. The normalized spacial score (nSPS) is 12.6. The van der Waals surface area contributed by atoms with Crippen LogP contribution in [0.4, 0.5) is 0 Å². The molecule has 0 fully saturated rings. The van der Waals surface area contributed by atoms with E-state index in [-0.39, 0.29) is 0 Å². The van der Waals surface area contributed by atoms with Gasteiger partial charge in [0.2, 0.25) is 0 Å². The van der Waals surface area contributed by atoms with Crippen LogP contribution in [-0.2, 0) is 0 Å². The zero-order valence-electron chi connectivity index (χ0n) is 10.1. The number of hydrogen-bond acceptors (Lipinski definition) is 1. The van der Waals surface area contributed by atoms with Gasteiger partial charge >= 0.3 is 0 Å². The molecule has 0 atom stereocenters. The molecule has 0 spiro atoms. The number of rotatable bonds is 6. The summed E-state index contributed by atoms with van der Waals surface area (Å²) in [6, 6.07) is 2.36. The van der Waals surface area contributed by atoms with E-state index in [9.17, 15) is 0 Å². The largest absolute Gasteiger partial charge is 0.193 e. The Balaban J connectivity index is 3.91. The molecule has 0 bridgehead atoms. The van der Waals surface area contributed by atoms with Crippen LogP contribution < -0.4 is 0 Å². The molecule has 0 rings (SSSR count). The van der Waals surface area contributed by atoms with Crippen molar-refractivity contribution in [3.8, 4) is 6.07 Å². The van der Waals surface area contributed by atoms with E-state index in [1.807, 2.05) is 0 Å². The molecule has 0 amide bonds. The second kappa shape index (κ2) is 6.84. The fraction of sp³-hybridized carbons (Fsp3) is 0.750. The molecule has 0 aliphatic rings. The average molecular weight is 209 g/mol. The third-order valence-corrected chi connectivity index (χ3v) is 4.27. The lowest BCUT2D eigenvalue weighted by Crippen LogP contribution is -2.22. The Kier molecular flexibility index (Phi) is 6.57. The zero-order chi connectivity index (χ0) is 11.0. The van der Waals surface area contributed by atoms with Gasteiger partial charge in [-0.05, 0) is 12.8 Å². The SMILES string of the molecule is CCCCCC/C=C(/C#N)[Si](C)(C)C. The van der Waals surface area contributed by atoms with E-state index in [0.717, 1.165) is 11.6 Å². The first kappa shape index (κ1) is 13.4. The summed E-state index contributed by atoms with van der Waals surface area (Å²) in [5.74, 6) is 0. The van der Waals surface area contributed by atoms with Gasteiger partial charge < -0.3 is 0 Å². The van der Waals surface area contributed by atoms with E-state index in [1.165, 1.54) is 25.7 Å². The van der Waals surface area contributed by atoms with E-state index < -0.39 is 8.07 Å². The molecule has 0 aliphatic heterocycles. The molecular weight excluding hydrogens is 186 g/mol. The van der Waals surface area contributed by atoms with Crippen LogP contribution in [0.5, 0.6) is 0 Å². The van der Waals surface area contributed by atoms with Gasteiger partial charge in [0.1, 0.15) is 0 Å². The van der Waals surface area contributed by atoms with Crippen molar-refractivity contribution in [3.63, 3.8) is 0 Å². The summed E-state index contributed by atoms with van der Waals surface area (Å²) < 4.78 is 0. The van der Waals surface area contributed by atoms with Gasteiger partial charge in [-0.2, -0.15) is 5.26 Å². The molecule has 1 nitrogen and oxygen atoms in total. The maximum Gasteiger partial charge on any atom is 0.0907 e. The quantitative estimate of drug-likeness (QED) is 0.364. The highest BCUT2D eigenvalue weighted by molar-refractivity contribution is 6.84. The molecule has 80 valence electrons. The van der Waals surface area contributed by atoms with Crippen molar-refractivity contribution in [1.29, 1.82) is 5.26 Å². The van der Waals surface area contributed by atoms with Gasteiger partial charge in [0.15, 0.2) is 0 Å². The summed E-state index contributed by atoms with van der Waals surface area (Å²) in [6.07, 6.45) is 8.40. The van der Waals surface area contributed by atoms with Crippen molar-refractivity contribution in [3.05, 3.63) is 11.3 Å². The smallest absolute Gasteiger partial charge is 0.0907 e. The summed E-state index contributed by atoms with van der Waals surface area (Å²) in [7, 11) is -1.36. The third-order valence-electron chi connectivity index (χ3n) is 2.33. The Morgan fingerprint density at radius 1 is 1.21 bits per heavy atom. The third kappa shape index (κ3) is 5.99. The van der Waals surface area contributed by atoms with Crippen LogP contribution in [0.3, 0.4) is 0 Å². The monoisotopic (exact) mass is 209 g/mol. The van der Waals surface area contributed by atoms with Crippen molar-refractivity contribution in [2.24, 2.45) is 0 Å². The number of unbranched alkanes of at least 4 members (excludes halogenated alkanes) is 4. The minimum Gasteiger partial charge on any atom is -0.193 e. The van der Waals surface area contributed by atoms with Crippen LogP contribution in [-0.4, -0.2) is 8.07 Å². The first-order valence-corrected chi connectivity index (χ1v) is 9.13. The Morgan fingerprint density at radius 3 is 2.29 bits per heavy atom. The number of nitriles is 1. The molecule has 0 aromatic rings. The first-order valence-electron chi connectivity index (χ1n) is 5.63. The fourth-order valence-electron chi connectivity index (χ4n) is 1.34. The summed E-state index contributed by atoms with van der Waals surface area (Å²) in [5.41, 5.74) is 0. The molecular formula is C12H23NSi. The van der Waals surface area contributed by atoms with Crippen LogP contribution in [0, 0.1) is 11.3 Å². The van der Waals surface area contributed by atoms with Gasteiger partial charge in [0, 0.05) is 5.20 Å².